The molecule has 2 nitrogen and oxygen atoms in total. The second-order valence-electron chi connectivity index (χ2n) is 3.22. The van der Waals surface area contributed by atoms with Crippen molar-refractivity contribution in [2.45, 2.75) is 26.2 Å². The highest BCUT2D eigenvalue weighted by Gasteiger charge is 2.32. The molecule has 0 saturated carbocycles. The number of carbonyl (C=O) groups excluding carboxylic acids is 1. The monoisotopic (exact) mass is 174 g/mol. The molecule has 0 aromatic carbocycles. The minimum Gasteiger partial charge on any atom is -0.465 e. The van der Waals surface area contributed by atoms with Crippen LogP contribution in [-0.4, -0.2) is 18.7 Å². The zero-order valence-corrected chi connectivity index (χ0v) is 8.08. The molecule has 3 heteroatoms. The van der Waals surface area contributed by atoms with Gasteiger partial charge in [-0.2, -0.15) is 0 Å². The molecular weight excluding hydrogens is 159 g/mol. The predicted octanol–water partition coefficient (Wildman–Crippen LogP) is 1.59. The molecule has 0 spiro atoms. The lowest BCUT2D eigenvalue weighted by molar-refractivity contribution is -0.153. The van der Waals surface area contributed by atoms with Crippen LogP contribution in [0.2, 0.25) is 0 Å². The molecule has 1 heterocycles. The Labute approximate surface area is 69.9 Å². The smallest absolute Gasteiger partial charge is 0.305 e. The van der Waals surface area contributed by atoms with Crippen molar-refractivity contribution in [2.75, 3.05) is 12.8 Å². The molecule has 0 amide bonds. The normalized spacial score (nSPS) is 31.6. The first-order valence-electron chi connectivity index (χ1n) is 4.08. The van der Waals surface area contributed by atoms with Crippen molar-refractivity contribution in [3.05, 3.63) is 0 Å². The Balaban J connectivity index is 2.52. The summed E-state index contributed by atoms with van der Waals surface area (Å²) in [6.07, 6.45) is 3.73. The van der Waals surface area contributed by atoms with Crippen LogP contribution in [0.1, 0.15) is 26.2 Å². The molecule has 0 bridgehead atoms. The van der Waals surface area contributed by atoms with E-state index in [2.05, 4.69) is 16.2 Å². The molecule has 0 radical (unpaired) electrons. The van der Waals surface area contributed by atoms with Crippen molar-refractivity contribution in [3.8, 4) is 0 Å². The van der Waals surface area contributed by atoms with Gasteiger partial charge >= 0.3 is 5.97 Å². The van der Waals surface area contributed by atoms with Gasteiger partial charge in [-0.25, -0.2) is 0 Å². The summed E-state index contributed by atoms with van der Waals surface area (Å²) < 4.78 is 5.02. The van der Waals surface area contributed by atoms with E-state index in [4.69, 9.17) is 4.74 Å². The maximum atomic E-state index is 10.8. The zero-order chi connectivity index (χ0) is 8.32. The second kappa shape index (κ2) is 3.53. The van der Waals surface area contributed by atoms with Crippen molar-refractivity contribution in [1.82, 2.24) is 0 Å². The Morgan fingerprint density at radius 1 is 1.73 bits per heavy atom. The average molecular weight is 174 g/mol. The molecule has 1 rings (SSSR count). The largest absolute Gasteiger partial charge is 0.465 e. The van der Waals surface area contributed by atoms with Crippen molar-refractivity contribution in [3.63, 3.8) is 0 Å². The number of carbonyl (C=O) groups is 1. The molecule has 1 aliphatic rings. The van der Waals surface area contributed by atoms with Crippen LogP contribution in [0.5, 0.6) is 0 Å². The van der Waals surface area contributed by atoms with Crippen molar-refractivity contribution >= 4 is 15.2 Å². The quantitative estimate of drug-likeness (QED) is 0.469. The molecule has 2 unspecified atom stereocenters. The summed E-state index contributed by atoms with van der Waals surface area (Å²) in [7, 11) is 2.74. The van der Waals surface area contributed by atoms with Gasteiger partial charge in [-0.1, -0.05) is 6.92 Å². The molecule has 2 atom stereocenters. The Morgan fingerprint density at radius 3 is 2.82 bits per heavy atom. The molecule has 0 aromatic heterocycles. The van der Waals surface area contributed by atoms with Gasteiger partial charge in [-0.3, -0.25) is 4.79 Å². The first-order chi connectivity index (χ1) is 5.22. The molecule has 0 N–H and O–H groups in total. The summed E-state index contributed by atoms with van der Waals surface area (Å²) in [5.41, 5.74) is 0.262. The standard InChI is InChI=1S/C8H15O2P/c1-2-8(6-11)4-3-7(9)10-5-8/h2-6,11H2,1H3. The Kier molecular flexibility index (Phi) is 2.89. The highest BCUT2D eigenvalue weighted by molar-refractivity contribution is 7.16. The molecular formula is C8H15O2P. The molecule has 64 valence electrons. The average Bonchev–Trinajstić information content (AvgIpc) is 2.07. The van der Waals surface area contributed by atoms with Gasteiger partial charge < -0.3 is 4.74 Å². The highest BCUT2D eigenvalue weighted by Crippen LogP contribution is 2.34. The highest BCUT2D eigenvalue weighted by atomic mass is 31.0. The van der Waals surface area contributed by atoms with Gasteiger partial charge in [0, 0.05) is 11.8 Å². The maximum absolute atomic E-state index is 10.8. The predicted molar refractivity (Wildman–Crippen MR) is 47.5 cm³/mol. The SMILES string of the molecule is CCC1(CP)CCC(=O)OC1. The van der Waals surface area contributed by atoms with Crippen LogP contribution in [0.15, 0.2) is 0 Å². The minimum atomic E-state index is -0.0347. The first kappa shape index (κ1) is 8.99. The summed E-state index contributed by atoms with van der Waals surface area (Å²) in [5.74, 6) is -0.0347. The van der Waals surface area contributed by atoms with Crippen molar-refractivity contribution < 1.29 is 9.53 Å². The van der Waals surface area contributed by atoms with Crippen molar-refractivity contribution in [2.24, 2.45) is 5.41 Å². The lowest BCUT2D eigenvalue weighted by Crippen LogP contribution is -2.34. The molecule has 1 aliphatic heterocycles. The van der Waals surface area contributed by atoms with Crippen LogP contribution in [0.3, 0.4) is 0 Å². The number of esters is 1. The van der Waals surface area contributed by atoms with Crippen LogP contribution < -0.4 is 0 Å². The fraction of sp³-hybridized carbons (Fsp3) is 0.875. The van der Waals surface area contributed by atoms with Crippen LogP contribution in [0.4, 0.5) is 0 Å². The van der Waals surface area contributed by atoms with E-state index in [1.54, 1.807) is 0 Å². The second-order valence-corrected chi connectivity index (χ2v) is 3.63. The molecule has 0 aromatic rings. The van der Waals surface area contributed by atoms with Gasteiger partial charge in [0.1, 0.15) is 0 Å². The third kappa shape index (κ3) is 1.93. The fourth-order valence-corrected chi connectivity index (χ4v) is 1.94. The first-order valence-corrected chi connectivity index (χ1v) is 4.90. The van der Waals surface area contributed by atoms with E-state index in [-0.39, 0.29) is 11.4 Å². The number of cyclic esters (lactones) is 1. The third-order valence-electron chi connectivity index (χ3n) is 2.58. The van der Waals surface area contributed by atoms with Crippen LogP contribution in [-0.2, 0) is 9.53 Å². The summed E-state index contributed by atoms with van der Waals surface area (Å²) in [6.45, 7) is 2.77. The number of hydrogen-bond acceptors (Lipinski definition) is 2. The Bertz CT molecular complexity index is 140. The fourth-order valence-electron chi connectivity index (χ4n) is 1.33. The molecule has 11 heavy (non-hydrogen) atoms. The third-order valence-corrected chi connectivity index (χ3v) is 3.45. The lowest BCUT2D eigenvalue weighted by atomic mass is 9.82. The molecule has 1 fully saturated rings. The lowest BCUT2D eigenvalue weighted by Gasteiger charge is -2.34. The maximum Gasteiger partial charge on any atom is 0.305 e. The number of hydrogen-bond donors (Lipinski definition) is 0. The van der Waals surface area contributed by atoms with Crippen LogP contribution in [0.25, 0.3) is 0 Å². The Hall–Kier alpha value is -0.100. The Morgan fingerprint density at radius 2 is 2.45 bits per heavy atom. The van der Waals surface area contributed by atoms with E-state index in [1.165, 1.54) is 0 Å². The van der Waals surface area contributed by atoms with E-state index in [0.29, 0.717) is 13.0 Å². The van der Waals surface area contributed by atoms with Gasteiger partial charge in [0.05, 0.1) is 6.61 Å². The van der Waals surface area contributed by atoms with Crippen LogP contribution >= 0.6 is 9.24 Å². The summed E-state index contributed by atoms with van der Waals surface area (Å²) in [4.78, 5) is 10.8. The van der Waals surface area contributed by atoms with E-state index in [1.807, 2.05) is 0 Å². The number of rotatable bonds is 2. The van der Waals surface area contributed by atoms with E-state index < -0.39 is 0 Å². The van der Waals surface area contributed by atoms with E-state index in [0.717, 1.165) is 19.0 Å². The summed E-state index contributed by atoms with van der Waals surface area (Å²) in [5, 5.41) is 0. The van der Waals surface area contributed by atoms with E-state index in [9.17, 15) is 4.79 Å². The molecule has 1 saturated heterocycles. The number of ether oxygens (including phenoxy) is 1. The van der Waals surface area contributed by atoms with Gasteiger partial charge in [-0.15, -0.1) is 9.24 Å². The summed E-state index contributed by atoms with van der Waals surface area (Å²) in [6, 6.07) is 0. The zero-order valence-electron chi connectivity index (χ0n) is 6.93. The topological polar surface area (TPSA) is 26.3 Å². The van der Waals surface area contributed by atoms with Crippen molar-refractivity contribution in [1.29, 1.82) is 0 Å². The van der Waals surface area contributed by atoms with Gasteiger partial charge in [-0.05, 0) is 19.0 Å². The molecule has 0 aliphatic carbocycles. The van der Waals surface area contributed by atoms with Gasteiger partial charge in [0.15, 0.2) is 0 Å². The summed E-state index contributed by atoms with van der Waals surface area (Å²) >= 11 is 0. The minimum absolute atomic E-state index is 0.0347. The van der Waals surface area contributed by atoms with E-state index >= 15 is 0 Å². The van der Waals surface area contributed by atoms with Crippen LogP contribution in [0, 0.1) is 5.41 Å². The van der Waals surface area contributed by atoms with Gasteiger partial charge in [0.25, 0.3) is 0 Å². The van der Waals surface area contributed by atoms with Gasteiger partial charge in [0.2, 0.25) is 0 Å².